The molecule has 0 fully saturated rings. The molecule has 0 saturated heterocycles. The minimum atomic E-state index is -2.42. The molecular formula is C16H32O4Si. The van der Waals surface area contributed by atoms with Crippen LogP contribution in [0.3, 0.4) is 0 Å². The highest BCUT2D eigenvalue weighted by Crippen LogP contribution is 2.55. The summed E-state index contributed by atoms with van der Waals surface area (Å²) in [5.74, 6) is -0.933. The van der Waals surface area contributed by atoms with Crippen molar-refractivity contribution in [1.29, 1.82) is 0 Å². The van der Waals surface area contributed by atoms with Gasteiger partial charge >= 0.3 is 5.97 Å². The molecule has 0 saturated carbocycles. The molecule has 0 aromatic heterocycles. The van der Waals surface area contributed by atoms with E-state index in [1.54, 1.807) is 0 Å². The fourth-order valence-electron chi connectivity index (χ4n) is 3.42. The van der Waals surface area contributed by atoms with E-state index in [9.17, 15) is 9.59 Å². The second-order valence-electron chi connectivity index (χ2n) is 7.35. The maximum Gasteiger partial charge on any atom is 0.303 e. The number of hydrogen-bond acceptors (Lipinski definition) is 3. The normalized spacial score (nSPS) is 13.1. The third-order valence-electron chi connectivity index (χ3n) is 4.99. The predicted octanol–water partition coefficient (Wildman–Crippen LogP) is 4.60. The minimum absolute atomic E-state index is 0.0439. The molecule has 0 rings (SSSR count). The number of aliphatic carboxylic acids is 1. The highest BCUT2D eigenvalue weighted by atomic mass is 28.4. The first-order chi connectivity index (χ1) is 9.39. The zero-order valence-corrected chi connectivity index (χ0v) is 15.8. The molecule has 0 aliphatic heterocycles. The molecule has 0 bridgehead atoms. The van der Waals surface area contributed by atoms with Gasteiger partial charge in [0.1, 0.15) is 0 Å². The van der Waals surface area contributed by atoms with Crippen LogP contribution in [0.4, 0.5) is 0 Å². The van der Waals surface area contributed by atoms with Gasteiger partial charge in [0.05, 0.1) is 12.8 Å². The summed E-state index contributed by atoms with van der Waals surface area (Å²) in [5.41, 5.74) is 0.562. The number of carboxylic acids is 1. The summed E-state index contributed by atoms with van der Waals surface area (Å²) in [4.78, 5) is 22.8. The summed E-state index contributed by atoms with van der Waals surface area (Å²) < 4.78 is 6.07. The van der Waals surface area contributed by atoms with Crippen LogP contribution in [-0.2, 0) is 14.0 Å². The number of hydrogen-bond donors (Lipinski definition) is 1. The van der Waals surface area contributed by atoms with Gasteiger partial charge in [-0.25, -0.2) is 0 Å². The number of carbonyl (C=O) groups excluding carboxylic acids is 1. The molecule has 0 amide bonds. The van der Waals surface area contributed by atoms with E-state index in [0.717, 1.165) is 0 Å². The lowest BCUT2D eigenvalue weighted by Crippen LogP contribution is -2.56. The van der Waals surface area contributed by atoms with E-state index < -0.39 is 14.3 Å². The maximum absolute atomic E-state index is 12.2. The van der Waals surface area contributed by atoms with Crippen molar-refractivity contribution in [2.75, 3.05) is 0 Å². The topological polar surface area (TPSA) is 63.6 Å². The summed E-state index contributed by atoms with van der Waals surface area (Å²) in [6.45, 7) is 17.2. The average molecular weight is 317 g/mol. The van der Waals surface area contributed by atoms with Crippen molar-refractivity contribution in [2.24, 2.45) is 5.92 Å². The van der Waals surface area contributed by atoms with E-state index in [0.29, 0.717) is 5.92 Å². The molecule has 0 radical (unpaired) electrons. The molecule has 0 unspecified atom stereocenters. The van der Waals surface area contributed by atoms with Crippen LogP contribution in [0.5, 0.6) is 0 Å². The quantitative estimate of drug-likeness (QED) is 0.665. The zero-order valence-electron chi connectivity index (χ0n) is 14.8. The van der Waals surface area contributed by atoms with Crippen LogP contribution in [-0.4, -0.2) is 25.4 Å². The fourth-order valence-corrected chi connectivity index (χ4v) is 9.85. The van der Waals surface area contributed by atoms with Crippen molar-refractivity contribution >= 4 is 20.3 Å². The standard InChI is InChI=1S/C16H32O4Si/c1-11(2)16(7,8)21(12(3)4,13(5)6)20-15(19)10-9-14(17)18/h11-13H,9-10H2,1-8H3,(H,17,18). The SMILES string of the molecule is CC(C)C(C)(C)[Si](OC(=O)CCC(=O)O)(C(C)C)C(C)C. The molecular weight excluding hydrogens is 284 g/mol. The van der Waals surface area contributed by atoms with E-state index in [2.05, 4.69) is 55.4 Å². The molecule has 0 aliphatic carbocycles. The molecule has 0 spiro atoms. The molecule has 124 valence electrons. The second kappa shape index (κ2) is 7.43. The summed E-state index contributed by atoms with van der Waals surface area (Å²) in [5, 5.41) is 8.66. The largest absolute Gasteiger partial charge is 0.518 e. The van der Waals surface area contributed by atoms with E-state index in [-0.39, 0.29) is 34.9 Å². The molecule has 0 aromatic carbocycles. The van der Waals surface area contributed by atoms with Gasteiger partial charge in [-0.3, -0.25) is 9.59 Å². The van der Waals surface area contributed by atoms with Gasteiger partial charge in [-0.2, -0.15) is 0 Å². The van der Waals surface area contributed by atoms with Crippen molar-refractivity contribution in [1.82, 2.24) is 0 Å². The third kappa shape index (κ3) is 4.31. The molecule has 4 nitrogen and oxygen atoms in total. The molecule has 21 heavy (non-hydrogen) atoms. The Balaban J connectivity index is 5.52. The van der Waals surface area contributed by atoms with Gasteiger partial charge in [0.15, 0.2) is 0 Å². The van der Waals surface area contributed by atoms with Gasteiger partial charge in [0.25, 0.3) is 14.3 Å². The Kier molecular flexibility index (Phi) is 7.13. The third-order valence-corrected chi connectivity index (χ3v) is 11.6. The Morgan fingerprint density at radius 3 is 1.71 bits per heavy atom. The van der Waals surface area contributed by atoms with Crippen molar-refractivity contribution in [3.63, 3.8) is 0 Å². The van der Waals surface area contributed by atoms with Crippen LogP contribution in [0.2, 0.25) is 16.1 Å². The highest BCUT2D eigenvalue weighted by Gasteiger charge is 2.57. The van der Waals surface area contributed by atoms with Gasteiger partial charge < -0.3 is 9.53 Å². The van der Waals surface area contributed by atoms with E-state index >= 15 is 0 Å². The van der Waals surface area contributed by atoms with Crippen molar-refractivity contribution in [2.45, 2.75) is 84.4 Å². The smallest absolute Gasteiger partial charge is 0.303 e. The monoisotopic (exact) mass is 316 g/mol. The molecule has 0 aliphatic rings. The van der Waals surface area contributed by atoms with Gasteiger partial charge in [-0.15, -0.1) is 0 Å². The molecule has 0 aromatic rings. The summed E-state index contributed by atoms with van der Waals surface area (Å²) in [7, 11) is -2.42. The number of carbonyl (C=O) groups is 2. The van der Waals surface area contributed by atoms with Crippen LogP contribution in [0.1, 0.15) is 68.2 Å². The van der Waals surface area contributed by atoms with Crippen LogP contribution >= 0.6 is 0 Å². The second-order valence-corrected chi connectivity index (χ2v) is 12.7. The summed E-state index contributed by atoms with van der Waals surface area (Å²) in [6, 6.07) is 0. The first kappa shape index (κ1) is 20.2. The van der Waals surface area contributed by atoms with Crippen molar-refractivity contribution in [3.8, 4) is 0 Å². The van der Waals surface area contributed by atoms with Gasteiger partial charge in [-0.05, 0) is 22.0 Å². The lowest BCUT2D eigenvalue weighted by atomic mass is 9.99. The fraction of sp³-hybridized carbons (Fsp3) is 0.875. The maximum atomic E-state index is 12.2. The van der Waals surface area contributed by atoms with E-state index in [4.69, 9.17) is 9.53 Å². The summed E-state index contributed by atoms with van der Waals surface area (Å²) in [6.07, 6.45) is -0.209. The van der Waals surface area contributed by atoms with Gasteiger partial charge in [0, 0.05) is 0 Å². The molecule has 0 atom stereocenters. The predicted molar refractivity (Wildman–Crippen MR) is 87.8 cm³/mol. The van der Waals surface area contributed by atoms with Crippen LogP contribution in [0.25, 0.3) is 0 Å². The van der Waals surface area contributed by atoms with Crippen molar-refractivity contribution in [3.05, 3.63) is 0 Å². The molecule has 5 heteroatoms. The van der Waals surface area contributed by atoms with Crippen LogP contribution < -0.4 is 0 Å². The Morgan fingerprint density at radius 2 is 1.43 bits per heavy atom. The number of carboxylic acid groups (broad SMARTS) is 1. The highest BCUT2D eigenvalue weighted by molar-refractivity contribution is 6.80. The van der Waals surface area contributed by atoms with Gasteiger partial charge in [-0.1, -0.05) is 55.4 Å². The van der Waals surface area contributed by atoms with Crippen LogP contribution in [0, 0.1) is 5.92 Å². The van der Waals surface area contributed by atoms with Crippen molar-refractivity contribution < 1.29 is 19.1 Å². The Labute approximate surface area is 130 Å². The first-order valence-electron chi connectivity index (χ1n) is 7.83. The number of rotatable bonds is 8. The zero-order chi connectivity index (χ0) is 17.0. The Bertz CT molecular complexity index is 364. The van der Waals surface area contributed by atoms with E-state index in [1.807, 2.05) is 0 Å². The molecule has 1 N–H and O–H groups in total. The average Bonchev–Trinajstić information content (AvgIpc) is 2.31. The first-order valence-corrected chi connectivity index (χ1v) is 9.89. The minimum Gasteiger partial charge on any atom is -0.518 e. The lowest BCUT2D eigenvalue weighted by molar-refractivity contribution is -0.143. The summed E-state index contributed by atoms with van der Waals surface area (Å²) >= 11 is 0. The van der Waals surface area contributed by atoms with Gasteiger partial charge in [0.2, 0.25) is 0 Å². The van der Waals surface area contributed by atoms with E-state index in [1.165, 1.54) is 0 Å². The Hall–Kier alpha value is -0.843. The lowest BCUT2D eigenvalue weighted by Gasteiger charge is -2.51. The van der Waals surface area contributed by atoms with Crippen LogP contribution in [0.15, 0.2) is 0 Å². The molecule has 0 heterocycles. The Morgan fingerprint density at radius 1 is 1.00 bits per heavy atom.